The van der Waals surface area contributed by atoms with E-state index in [1.54, 1.807) is 4.90 Å². The van der Waals surface area contributed by atoms with Crippen LogP contribution in [0.1, 0.15) is 111 Å². The molecule has 3 N–H and O–H groups in total. The van der Waals surface area contributed by atoms with E-state index >= 15 is 0 Å². The minimum atomic E-state index is -0.704. The molecule has 2 saturated carbocycles. The lowest BCUT2D eigenvalue weighted by atomic mass is 9.63. The fraction of sp³-hybridized carbons (Fsp3) is 0.611. The van der Waals surface area contributed by atoms with Crippen LogP contribution in [0.4, 0.5) is 0 Å². The molecular weight excluding hydrogens is 540 g/mol. The molecule has 0 saturated heterocycles. The molecule has 2 fully saturated rings. The molecule has 2 aliphatic carbocycles. The van der Waals surface area contributed by atoms with Crippen LogP contribution in [-0.2, 0) is 12.8 Å². The molecule has 1 unspecified atom stereocenters. The monoisotopic (exact) mass is 592 g/mol. The first-order valence-corrected chi connectivity index (χ1v) is 16.2. The van der Waals surface area contributed by atoms with E-state index in [-0.39, 0.29) is 42.5 Å². The highest BCUT2D eigenvalue weighted by Gasteiger charge is 2.57. The van der Waals surface area contributed by atoms with Crippen molar-refractivity contribution in [3.05, 3.63) is 70.8 Å². The maximum atomic E-state index is 14.3. The van der Waals surface area contributed by atoms with Gasteiger partial charge in [-0.25, -0.2) is 0 Å². The molecule has 236 valence electrons. The second kappa shape index (κ2) is 13.9. The Kier molecular flexibility index (Phi) is 10.7. The molecule has 3 atom stereocenters. The Bertz CT molecular complexity index is 1260. The summed E-state index contributed by atoms with van der Waals surface area (Å²) in [5.74, 6) is -0.179. The Morgan fingerprint density at radius 1 is 0.814 bits per heavy atom. The van der Waals surface area contributed by atoms with Gasteiger partial charge in [-0.1, -0.05) is 62.6 Å². The standard InChI is InChI=1S/C36H52N2O5/c1-34(2,3)37(22-24-39)32(42)30-14-7-5-12-27(30)16-17-29(41)26-28-13-6-8-15-31(28)33(43)38(23-25-40)36-20-10-9-18-35(36,4)19-11-21-36/h5-8,12-15,29,39-41H,9-11,16-26H2,1-4H3/t29?,35-,36-/m0/s1. The number of β-amino-alcohol motifs (C(OH)–C–C–N with tert-alkyl or cyclic N) is 2. The number of benzene rings is 2. The topological polar surface area (TPSA) is 101 Å². The predicted molar refractivity (Wildman–Crippen MR) is 170 cm³/mol. The Morgan fingerprint density at radius 3 is 2.02 bits per heavy atom. The minimum absolute atomic E-state index is 0.0472. The predicted octanol–water partition coefficient (Wildman–Crippen LogP) is 5.39. The normalized spacial score (nSPS) is 22.6. The van der Waals surface area contributed by atoms with Crippen LogP contribution in [0.15, 0.2) is 48.5 Å². The van der Waals surface area contributed by atoms with E-state index in [1.807, 2.05) is 74.2 Å². The van der Waals surface area contributed by atoms with Gasteiger partial charge in [0.15, 0.2) is 0 Å². The summed E-state index contributed by atoms with van der Waals surface area (Å²) in [6.45, 7) is 8.57. The lowest BCUT2D eigenvalue weighted by Gasteiger charge is -2.54. The average molecular weight is 593 g/mol. The summed E-state index contributed by atoms with van der Waals surface area (Å²) in [6, 6.07) is 15.0. The molecule has 0 aromatic heterocycles. The van der Waals surface area contributed by atoms with E-state index in [2.05, 4.69) is 6.92 Å². The summed E-state index contributed by atoms with van der Waals surface area (Å²) < 4.78 is 0. The van der Waals surface area contributed by atoms with Crippen LogP contribution in [0, 0.1) is 5.41 Å². The molecule has 2 aliphatic rings. The second-order valence-corrected chi connectivity index (χ2v) is 13.9. The van der Waals surface area contributed by atoms with Crippen LogP contribution in [0.25, 0.3) is 0 Å². The Labute approximate surface area is 257 Å². The highest BCUT2D eigenvalue weighted by atomic mass is 16.3. The van der Waals surface area contributed by atoms with E-state index in [0.717, 1.165) is 49.7 Å². The van der Waals surface area contributed by atoms with Crippen LogP contribution in [0.3, 0.4) is 0 Å². The molecule has 7 heteroatoms. The lowest BCUT2D eigenvalue weighted by molar-refractivity contribution is -0.0295. The molecule has 43 heavy (non-hydrogen) atoms. The number of fused-ring (bicyclic) bond motifs is 1. The summed E-state index contributed by atoms with van der Waals surface area (Å²) in [5.41, 5.74) is 2.23. The van der Waals surface area contributed by atoms with E-state index in [9.17, 15) is 24.9 Å². The van der Waals surface area contributed by atoms with E-state index in [1.165, 1.54) is 6.42 Å². The zero-order valence-electron chi connectivity index (χ0n) is 26.6. The van der Waals surface area contributed by atoms with Gasteiger partial charge in [-0.15, -0.1) is 0 Å². The third-order valence-corrected chi connectivity index (χ3v) is 10.2. The third-order valence-electron chi connectivity index (χ3n) is 10.2. The van der Waals surface area contributed by atoms with E-state index < -0.39 is 11.6 Å². The van der Waals surface area contributed by atoms with Crippen molar-refractivity contribution in [1.82, 2.24) is 9.80 Å². The molecule has 0 radical (unpaired) electrons. The summed E-state index contributed by atoms with van der Waals surface area (Å²) in [4.78, 5) is 31.5. The third kappa shape index (κ3) is 7.00. The van der Waals surface area contributed by atoms with Gasteiger partial charge >= 0.3 is 0 Å². The first-order chi connectivity index (χ1) is 20.5. The van der Waals surface area contributed by atoms with Crippen LogP contribution in [-0.4, -0.2) is 80.4 Å². The molecule has 7 nitrogen and oxygen atoms in total. The smallest absolute Gasteiger partial charge is 0.254 e. The number of nitrogens with zero attached hydrogens (tertiary/aromatic N) is 2. The fourth-order valence-corrected chi connectivity index (χ4v) is 7.89. The van der Waals surface area contributed by atoms with Crippen LogP contribution in [0.5, 0.6) is 0 Å². The van der Waals surface area contributed by atoms with Crippen molar-refractivity contribution in [2.45, 2.75) is 109 Å². The molecular formula is C36H52N2O5. The second-order valence-electron chi connectivity index (χ2n) is 13.9. The summed E-state index contributed by atoms with van der Waals surface area (Å²) >= 11 is 0. The zero-order chi connectivity index (χ0) is 31.3. The van der Waals surface area contributed by atoms with Gasteiger partial charge < -0.3 is 25.1 Å². The van der Waals surface area contributed by atoms with Gasteiger partial charge in [0.1, 0.15) is 0 Å². The molecule has 2 aromatic rings. The maximum absolute atomic E-state index is 14.3. The van der Waals surface area contributed by atoms with E-state index in [0.29, 0.717) is 36.9 Å². The lowest BCUT2D eigenvalue weighted by Crippen LogP contribution is -2.60. The van der Waals surface area contributed by atoms with Crippen molar-refractivity contribution in [3.63, 3.8) is 0 Å². The van der Waals surface area contributed by atoms with Crippen molar-refractivity contribution in [3.8, 4) is 0 Å². The van der Waals surface area contributed by atoms with Gasteiger partial charge in [0.05, 0.1) is 19.3 Å². The van der Waals surface area contributed by atoms with E-state index in [4.69, 9.17) is 0 Å². The quantitative estimate of drug-likeness (QED) is 0.307. The first kappa shape index (κ1) is 33.2. The van der Waals surface area contributed by atoms with Crippen molar-refractivity contribution in [1.29, 1.82) is 0 Å². The summed E-state index contributed by atoms with van der Waals surface area (Å²) in [5, 5.41) is 30.8. The fourth-order valence-electron chi connectivity index (χ4n) is 7.89. The number of rotatable bonds is 12. The van der Waals surface area contributed by atoms with Crippen molar-refractivity contribution >= 4 is 11.8 Å². The number of carbonyl (C=O) groups is 2. The van der Waals surface area contributed by atoms with Crippen LogP contribution in [0.2, 0.25) is 0 Å². The van der Waals surface area contributed by atoms with Gasteiger partial charge in [-0.2, -0.15) is 0 Å². The van der Waals surface area contributed by atoms with Gasteiger partial charge in [-0.3, -0.25) is 9.59 Å². The van der Waals surface area contributed by atoms with Crippen molar-refractivity contribution in [2.24, 2.45) is 5.41 Å². The highest BCUT2D eigenvalue weighted by molar-refractivity contribution is 5.97. The molecule has 2 amide bonds. The molecule has 0 bridgehead atoms. The number of carbonyl (C=O) groups excluding carboxylic acids is 2. The zero-order valence-corrected chi connectivity index (χ0v) is 26.6. The molecule has 0 spiro atoms. The van der Waals surface area contributed by atoms with Crippen LogP contribution < -0.4 is 0 Å². The summed E-state index contributed by atoms with van der Waals surface area (Å²) in [6.07, 6.45) is 8.13. The highest BCUT2D eigenvalue weighted by Crippen LogP contribution is 2.58. The first-order valence-electron chi connectivity index (χ1n) is 16.2. The number of hydrogen-bond acceptors (Lipinski definition) is 5. The summed E-state index contributed by atoms with van der Waals surface area (Å²) in [7, 11) is 0. The molecule has 2 aromatic carbocycles. The molecule has 0 aliphatic heterocycles. The van der Waals surface area contributed by atoms with Crippen molar-refractivity contribution in [2.75, 3.05) is 26.3 Å². The number of hydrogen-bond donors (Lipinski definition) is 3. The van der Waals surface area contributed by atoms with Gasteiger partial charge in [-0.05, 0) is 94.4 Å². The van der Waals surface area contributed by atoms with Crippen molar-refractivity contribution < 1.29 is 24.9 Å². The number of amides is 2. The molecule has 4 rings (SSSR count). The average Bonchev–Trinajstić information content (AvgIpc) is 3.34. The Balaban J connectivity index is 1.51. The number of aryl methyl sites for hydroxylation is 1. The largest absolute Gasteiger partial charge is 0.395 e. The molecule has 0 heterocycles. The van der Waals surface area contributed by atoms with Gasteiger partial charge in [0.2, 0.25) is 0 Å². The Morgan fingerprint density at radius 2 is 1.37 bits per heavy atom. The number of aliphatic hydroxyl groups excluding tert-OH is 3. The SMILES string of the molecule is CC(C)(C)N(CCO)C(=O)c1ccccc1CCC(O)Cc1ccccc1C(=O)N(CCO)[C@]12CCCC[C@@]1(C)CCC2. The minimum Gasteiger partial charge on any atom is -0.395 e. The van der Waals surface area contributed by atoms with Crippen LogP contribution >= 0.6 is 0 Å². The Hall–Kier alpha value is -2.74. The maximum Gasteiger partial charge on any atom is 0.254 e. The van der Waals surface area contributed by atoms with Gasteiger partial charge in [0.25, 0.3) is 11.8 Å². The van der Waals surface area contributed by atoms with Gasteiger partial charge in [0, 0.05) is 35.3 Å². The number of aliphatic hydroxyl groups is 3.